The predicted octanol–water partition coefficient (Wildman–Crippen LogP) is 6.71. The molecule has 1 saturated heterocycles. The average Bonchev–Trinajstić information content (AvgIpc) is 2.97. The number of ether oxygens (including phenoxy) is 3. The van der Waals surface area contributed by atoms with Crippen LogP contribution in [0.4, 0.5) is 0 Å². The molecular formula is C32H36ClNO4. The van der Waals surface area contributed by atoms with Crippen LogP contribution in [0.2, 0.25) is 0 Å². The highest BCUT2D eigenvalue weighted by molar-refractivity contribution is 6.03. The summed E-state index contributed by atoms with van der Waals surface area (Å²) >= 11 is 0. The van der Waals surface area contributed by atoms with Gasteiger partial charge >= 0.3 is 0 Å². The van der Waals surface area contributed by atoms with Crippen molar-refractivity contribution in [1.82, 2.24) is 4.90 Å². The van der Waals surface area contributed by atoms with Crippen molar-refractivity contribution in [3.8, 4) is 17.2 Å². The lowest BCUT2D eigenvalue weighted by molar-refractivity contribution is 0.112. The van der Waals surface area contributed by atoms with Crippen LogP contribution in [0.3, 0.4) is 0 Å². The molecule has 5 rings (SSSR count). The summed E-state index contributed by atoms with van der Waals surface area (Å²) in [6, 6.07) is 20.2. The van der Waals surface area contributed by atoms with Gasteiger partial charge in [0, 0.05) is 17.7 Å². The number of piperidine rings is 1. The van der Waals surface area contributed by atoms with Crippen LogP contribution in [-0.2, 0) is 6.42 Å². The SMILES string of the molecule is COc1cccc(C2=C(c3cc(C=O)ccc3OCCN3CCCCC3)c3ccc(OC)cc3CC2)c1.Cl. The molecule has 38 heavy (non-hydrogen) atoms. The number of aryl methyl sites for hydroxylation is 1. The second-order valence-electron chi connectivity index (χ2n) is 9.73. The molecule has 6 heteroatoms. The van der Waals surface area contributed by atoms with E-state index in [0.29, 0.717) is 12.2 Å². The molecule has 0 bridgehead atoms. The number of fused-ring (bicyclic) bond motifs is 1. The third kappa shape index (κ3) is 6.06. The molecule has 200 valence electrons. The number of halogens is 1. The highest BCUT2D eigenvalue weighted by Gasteiger charge is 2.25. The van der Waals surface area contributed by atoms with Gasteiger partial charge in [-0.3, -0.25) is 9.69 Å². The van der Waals surface area contributed by atoms with Crippen molar-refractivity contribution in [2.45, 2.75) is 32.1 Å². The van der Waals surface area contributed by atoms with Gasteiger partial charge in [0.15, 0.2) is 0 Å². The number of hydrogen-bond donors (Lipinski definition) is 0. The number of hydrogen-bond acceptors (Lipinski definition) is 5. The van der Waals surface area contributed by atoms with E-state index in [2.05, 4.69) is 29.2 Å². The van der Waals surface area contributed by atoms with Crippen molar-refractivity contribution >= 4 is 29.8 Å². The minimum Gasteiger partial charge on any atom is -0.497 e. The molecule has 1 fully saturated rings. The Balaban J connectivity index is 0.00000336. The van der Waals surface area contributed by atoms with Crippen molar-refractivity contribution in [3.05, 3.63) is 88.5 Å². The molecule has 0 aromatic heterocycles. The molecule has 1 aliphatic carbocycles. The van der Waals surface area contributed by atoms with E-state index in [4.69, 9.17) is 14.2 Å². The molecular weight excluding hydrogens is 498 g/mol. The summed E-state index contributed by atoms with van der Waals surface area (Å²) in [5.41, 5.74) is 7.41. The van der Waals surface area contributed by atoms with Gasteiger partial charge in [-0.05, 0) is 109 Å². The Hall–Kier alpha value is -3.28. The molecule has 0 spiro atoms. The van der Waals surface area contributed by atoms with Crippen LogP contribution < -0.4 is 14.2 Å². The molecule has 0 unspecified atom stereocenters. The minimum atomic E-state index is 0. The molecule has 3 aromatic rings. The first-order valence-corrected chi connectivity index (χ1v) is 13.2. The Morgan fingerprint density at radius 1 is 0.842 bits per heavy atom. The Labute approximate surface area is 231 Å². The van der Waals surface area contributed by atoms with Gasteiger partial charge in [0.2, 0.25) is 0 Å². The summed E-state index contributed by atoms with van der Waals surface area (Å²) in [6.07, 6.45) is 6.51. The number of methoxy groups -OCH3 is 2. The zero-order valence-corrected chi connectivity index (χ0v) is 23.0. The molecule has 1 aliphatic heterocycles. The summed E-state index contributed by atoms with van der Waals surface area (Å²) in [5.74, 6) is 2.48. The van der Waals surface area contributed by atoms with E-state index in [-0.39, 0.29) is 12.4 Å². The van der Waals surface area contributed by atoms with Crippen molar-refractivity contribution < 1.29 is 19.0 Å². The van der Waals surface area contributed by atoms with Gasteiger partial charge in [0.1, 0.15) is 30.1 Å². The normalized spacial score (nSPS) is 15.3. The smallest absolute Gasteiger partial charge is 0.150 e. The Morgan fingerprint density at radius 2 is 1.63 bits per heavy atom. The fourth-order valence-corrected chi connectivity index (χ4v) is 5.51. The zero-order valence-electron chi connectivity index (χ0n) is 22.2. The van der Waals surface area contributed by atoms with Gasteiger partial charge in [-0.1, -0.05) is 24.6 Å². The van der Waals surface area contributed by atoms with Crippen molar-refractivity contribution in [3.63, 3.8) is 0 Å². The lowest BCUT2D eigenvalue weighted by Gasteiger charge is -2.28. The number of allylic oxidation sites excluding steroid dienone is 1. The average molecular weight is 534 g/mol. The highest BCUT2D eigenvalue weighted by atomic mass is 35.5. The summed E-state index contributed by atoms with van der Waals surface area (Å²) < 4.78 is 17.5. The van der Waals surface area contributed by atoms with E-state index in [1.54, 1.807) is 14.2 Å². The quantitative estimate of drug-likeness (QED) is 0.286. The Morgan fingerprint density at radius 3 is 2.39 bits per heavy atom. The van der Waals surface area contributed by atoms with Crippen LogP contribution in [-0.4, -0.2) is 51.6 Å². The van der Waals surface area contributed by atoms with E-state index >= 15 is 0 Å². The molecule has 0 saturated carbocycles. The van der Waals surface area contributed by atoms with Crippen molar-refractivity contribution in [2.75, 3.05) is 40.5 Å². The predicted molar refractivity (Wildman–Crippen MR) is 155 cm³/mol. The van der Waals surface area contributed by atoms with E-state index in [0.717, 1.165) is 78.3 Å². The number of aldehydes is 1. The van der Waals surface area contributed by atoms with Crippen LogP contribution in [0.1, 0.15) is 58.3 Å². The number of carbonyl (C=O) groups is 1. The second kappa shape index (κ2) is 13.0. The van der Waals surface area contributed by atoms with Gasteiger partial charge in [-0.2, -0.15) is 0 Å². The third-order valence-electron chi connectivity index (χ3n) is 7.47. The second-order valence-corrected chi connectivity index (χ2v) is 9.73. The molecule has 2 aliphatic rings. The van der Waals surface area contributed by atoms with Crippen LogP contribution >= 0.6 is 12.4 Å². The molecule has 3 aromatic carbocycles. The first-order valence-electron chi connectivity index (χ1n) is 13.2. The van der Waals surface area contributed by atoms with Crippen molar-refractivity contribution in [1.29, 1.82) is 0 Å². The fourth-order valence-electron chi connectivity index (χ4n) is 5.51. The third-order valence-corrected chi connectivity index (χ3v) is 7.47. The molecule has 0 radical (unpaired) electrons. The summed E-state index contributed by atoms with van der Waals surface area (Å²) in [5, 5.41) is 0. The largest absolute Gasteiger partial charge is 0.497 e. The standard InChI is InChI=1S/C32H35NO4.ClH/c1-35-26-8-6-7-24(20-26)28-12-10-25-21-27(36-2)11-13-29(25)32(28)30-19-23(22-34)9-14-31(30)37-18-17-33-15-4-3-5-16-33;/h6-9,11,13-14,19-22H,3-5,10,12,15-18H2,1-2H3;1H. The lowest BCUT2D eigenvalue weighted by atomic mass is 9.79. The summed E-state index contributed by atoms with van der Waals surface area (Å²) in [4.78, 5) is 14.3. The number of likely N-dealkylation sites (tertiary alicyclic amines) is 1. The van der Waals surface area contributed by atoms with Gasteiger partial charge in [-0.25, -0.2) is 0 Å². The van der Waals surface area contributed by atoms with Crippen LogP contribution in [0.5, 0.6) is 17.2 Å². The van der Waals surface area contributed by atoms with Crippen LogP contribution in [0, 0.1) is 0 Å². The molecule has 1 heterocycles. The van der Waals surface area contributed by atoms with Crippen LogP contribution in [0.25, 0.3) is 11.1 Å². The van der Waals surface area contributed by atoms with Gasteiger partial charge in [0.05, 0.1) is 14.2 Å². The maximum absolute atomic E-state index is 11.8. The van der Waals surface area contributed by atoms with E-state index in [1.807, 2.05) is 36.4 Å². The number of nitrogens with zero attached hydrogens (tertiary/aromatic N) is 1. The van der Waals surface area contributed by atoms with Gasteiger partial charge in [-0.15, -0.1) is 12.4 Å². The number of rotatable bonds is 9. The van der Waals surface area contributed by atoms with Gasteiger partial charge < -0.3 is 14.2 Å². The maximum Gasteiger partial charge on any atom is 0.150 e. The Bertz CT molecular complexity index is 1300. The number of carbonyl (C=O) groups excluding carboxylic acids is 1. The zero-order chi connectivity index (χ0) is 25.6. The maximum atomic E-state index is 11.8. The Kier molecular flexibility index (Phi) is 9.48. The minimum absolute atomic E-state index is 0. The van der Waals surface area contributed by atoms with E-state index in [1.165, 1.54) is 30.4 Å². The lowest BCUT2D eigenvalue weighted by Crippen LogP contribution is -2.33. The first kappa shape index (κ1) is 27.7. The summed E-state index contributed by atoms with van der Waals surface area (Å²) in [6.45, 7) is 3.80. The fraction of sp³-hybridized carbons (Fsp3) is 0.344. The topological polar surface area (TPSA) is 48.0 Å². The van der Waals surface area contributed by atoms with E-state index in [9.17, 15) is 4.79 Å². The van der Waals surface area contributed by atoms with Crippen LogP contribution in [0.15, 0.2) is 60.7 Å². The summed E-state index contributed by atoms with van der Waals surface area (Å²) in [7, 11) is 3.39. The first-order chi connectivity index (χ1) is 18.2. The van der Waals surface area contributed by atoms with Gasteiger partial charge in [0.25, 0.3) is 0 Å². The van der Waals surface area contributed by atoms with E-state index < -0.39 is 0 Å². The molecule has 0 N–H and O–H groups in total. The molecule has 0 amide bonds. The number of benzene rings is 3. The highest BCUT2D eigenvalue weighted by Crippen LogP contribution is 2.45. The monoisotopic (exact) mass is 533 g/mol. The van der Waals surface area contributed by atoms with Crippen molar-refractivity contribution in [2.24, 2.45) is 0 Å². The molecule has 5 nitrogen and oxygen atoms in total. The molecule has 0 atom stereocenters.